The van der Waals surface area contributed by atoms with Crippen molar-refractivity contribution in [3.8, 4) is 11.4 Å². The number of hydrogen-bond acceptors (Lipinski definition) is 4. The first kappa shape index (κ1) is 9.59. The lowest BCUT2D eigenvalue weighted by Gasteiger charge is -2.07. The van der Waals surface area contributed by atoms with Gasteiger partial charge in [0.1, 0.15) is 6.33 Å². The zero-order valence-electron chi connectivity index (χ0n) is 8.79. The molecule has 0 unspecified atom stereocenters. The molecule has 3 rings (SSSR count). The van der Waals surface area contributed by atoms with Crippen molar-refractivity contribution in [1.82, 2.24) is 14.8 Å². The van der Waals surface area contributed by atoms with Crippen molar-refractivity contribution in [1.29, 1.82) is 0 Å². The lowest BCUT2D eigenvalue weighted by atomic mass is 10.1. The molecule has 1 aromatic heterocycles. The fourth-order valence-corrected chi connectivity index (χ4v) is 1.76. The van der Waals surface area contributed by atoms with Crippen LogP contribution in [0.2, 0.25) is 0 Å². The average Bonchev–Trinajstić information content (AvgIpc) is 2.71. The third-order valence-corrected chi connectivity index (χ3v) is 2.57. The number of carbonyl (C=O) groups is 1. The Morgan fingerprint density at radius 1 is 1.41 bits per heavy atom. The predicted molar refractivity (Wildman–Crippen MR) is 62.9 cm³/mol. The summed E-state index contributed by atoms with van der Waals surface area (Å²) in [6, 6.07) is 5.18. The summed E-state index contributed by atoms with van der Waals surface area (Å²) in [6.07, 6.45) is 4.98. The minimum Gasteiger partial charge on any atom is -0.366 e. The molecular formula is C11H9N5O. The lowest BCUT2D eigenvalue weighted by Crippen LogP contribution is -2.11. The van der Waals surface area contributed by atoms with E-state index in [9.17, 15) is 4.79 Å². The van der Waals surface area contributed by atoms with Crippen molar-refractivity contribution in [3.63, 3.8) is 0 Å². The van der Waals surface area contributed by atoms with Crippen LogP contribution in [0.5, 0.6) is 0 Å². The highest BCUT2D eigenvalue weighted by Crippen LogP contribution is 2.29. The number of anilines is 1. The molecule has 0 radical (unpaired) electrons. The molecule has 0 spiro atoms. The van der Waals surface area contributed by atoms with Gasteiger partial charge in [-0.3, -0.25) is 4.79 Å². The summed E-state index contributed by atoms with van der Waals surface area (Å²) in [7, 11) is 0. The minimum atomic E-state index is -0.462. The van der Waals surface area contributed by atoms with Gasteiger partial charge in [0.2, 0.25) is 5.91 Å². The van der Waals surface area contributed by atoms with Crippen LogP contribution in [-0.2, 0) is 0 Å². The van der Waals surface area contributed by atoms with Crippen LogP contribution in [0.15, 0.2) is 30.7 Å². The maximum absolute atomic E-state index is 11.2. The van der Waals surface area contributed by atoms with E-state index in [0.717, 1.165) is 11.3 Å². The summed E-state index contributed by atoms with van der Waals surface area (Å²) in [6.45, 7) is 0. The maximum Gasteiger partial charge on any atom is 0.248 e. The molecule has 1 aromatic carbocycles. The lowest BCUT2D eigenvalue weighted by molar-refractivity contribution is 0.100. The standard InChI is InChI=1S/C11H9N5O/c12-10(17)7-1-2-9-8(5-7)11-14-6-15-16(11)4-3-13-9/h1-6,13H,(H2,12,17). The van der Waals surface area contributed by atoms with Crippen LogP contribution in [-0.4, -0.2) is 20.7 Å². The number of carbonyl (C=O) groups excluding carboxylic acids is 1. The van der Waals surface area contributed by atoms with E-state index in [4.69, 9.17) is 5.73 Å². The quantitative estimate of drug-likeness (QED) is 0.757. The molecule has 0 fully saturated rings. The second-order valence-electron chi connectivity index (χ2n) is 3.61. The Kier molecular flexibility index (Phi) is 1.94. The van der Waals surface area contributed by atoms with Gasteiger partial charge in [-0.15, -0.1) is 0 Å². The van der Waals surface area contributed by atoms with E-state index in [1.54, 1.807) is 35.3 Å². The smallest absolute Gasteiger partial charge is 0.248 e. The van der Waals surface area contributed by atoms with Gasteiger partial charge in [-0.2, -0.15) is 5.10 Å². The maximum atomic E-state index is 11.2. The summed E-state index contributed by atoms with van der Waals surface area (Å²) >= 11 is 0. The normalized spacial score (nSPS) is 12.2. The number of amides is 1. The molecule has 0 saturated carbocycles. The highest BCUT2D eigenvalue weighted by Gasteiger charge is 2.15. The highest BCUT2D eigenvalue weighted by atomic mass is 16.1. The molecule has 2 aromatic rings. The van der Waals surface area contributed by atoms with Crippen LogP contribution in [0, 0.1) is 0 Å². The number of benzene rings is 1. The van der Waals surface area contributed by atoms with E-state index in [0.29, 0.717) is 11.4 Å². The van der Waals surface area contributed by atoms with Crippen LogP contribution in [0.3, 0.4) is 0 Å². The number of nitrogens with two attached hydrogens (primary N) is 1. The number of fused-ring (bicyclic) bond motifs is 3. The molecule has 17 heavy (non-hydrogen) atoms. The van der Waals surface area contributed by atoms with Crippen molar-refractivity contribution < 1.29 is 4.79 Å². The summed E-state index contributed by atoms with van der Waals surface area (Å²) in [5.74, 6) is 0.209. The summed E-state index contributed by atoms with van der Waals surface area (Å²) in [5, 5.41) is 7.14. The molecule has 1 aliphatic heterocycles. The summed E-state index contributed by atoms with van der Waals surface area (Å²) in [4.78, 5) is 15.3. The van der Waals surface area contributed by atoms with Crippen molar-refractivity contribution >= 4 is 17.8 Å². The molecule has 2 heterocycles. The third-order valence-electron chi connectivity index (χ3n) is 2.57. The first-order valence-corrected chi connectivity index (χ1v) is 5.02. The molecule has 1 amide bonds. The Balaban J connectivity index is 2.25. The Hall–Kier alpha value is -2.63. The van der Waals surface area contributed by atoms with Gasteiger partial charge >= 0.3 is 0 Å². The second-order valence-corrected chi connectivity index (χ2v) is 3.61. The van der Waals surface area contributed by atoms with Crippen molar-refractivity contribution in [3.05, 3.63) is 36.3 Å². The predicted octanol–water partition coefficient (Wildman–Crippen LogP) is 0.898. The molecule has 1 aliphatic rings. The van der Waals surface area contributed by atoms with Crippen LogP contribution >= 0.6 is 0 Å². The number of nitrogens with zero attached hydrogens (tertiary/aromatic N) is 3. The van der Waals surface area contributed by atoms with Gasteiger partial charge in [0, 0.05) is 29.2 Å². The number of primary amides is 1. The minimum absolute atomic E-state index is 0.446. The SMILES string of the molecule is NC(=O)c1ccc2c(c1)-c1ncnn1C=CN2. The van der Waals surface area contributed by atoms with Crippen LogP contribution in [0.4, 0.5) is 5.69 Å². The van der Waals surface area contributed by atoms with Crippen LogP contribution in [0.1, 0.15) is 10.4 Å². The monoisotopic (exact) mass is 227 g/mol. The Morgan fingerprint density at radius 2 is 2.29 bits per heavy atom. The molecule has 0 bridgehead atoms. The molecule has 0 atom stereocenters. The van der Waals surface area contributed by atoms with E-state index >= 15 is 0 Å². The molecule has 84 valence electrons. The number of aromatic nitrogens is 3. The Morgan fingerprint density at radius 3 is 3.12 bits per heavy atom. The highest BCUT2D eigenvalue weighted by molar-refractivity contribution is 5.95. The van der Waals surface area contributed by atoms with Gasteiger partial charge in [0.25, 0.3) is 0 Å². The second kappa shape index (κ2) is 3.44. The third kappa shape index (κ3) is 1.46. The molecule has 6 heteroatoms. The van der Waals surface area contributed by atoms with Crippen LogP contribution < -0.4 is 11.1 Å². The first-order chi connectivity index (χ1) is 8.25. The Bertz CT molecular complexity index is 629. The first-order valence-electron chi connectivity index (χ1n) is 5.02. The molecule has 3 N–H and O–H groups in total. The topological polar surface area (TPSA) is 85.8 Å². The van der Waals surface area contributed by atoms with E-state index < -0.39 is 5.91 Å². The van der Waals surface area contributed by atoms with E-state index in [2.05, 4.69) is 15.4 Å². The fourth-order valence-electron chi connectivity index (χ4n) is 1.76. The van der Waals surface area contributed by atoms with Gasteiger partial charge in [-0.25, -0.2) is 9.67 Å². The molecular weight excluding hydrogens is 218 g/mol. The van der Waals surface area contributed by atoms with Crippen molar-refractivity contribution in [2.45, 2.75) is 0 Å². The van der Waals surface area contributed by atoms with E-state index in [1.807, 2.05) is 0 Å². The number of nitrogens with one attached hydrogen (secondary N) is 1. The number of rotatable bonds is 1. The fraction of sp³-hybridized carbons (Fsp3) is 0. The molecule has 6 nitrogen and oxygen atoms in total. The average molecular weight is 227 g/mol. The van der Waals surface area contributed by atoms with Gasteiger partial charge in [-0.05, 0) is 18.2 Å². The summed E-state index contributed by atoms with van der Waals surface area (Å²) < 4.78 is 1.63. The number of hydrogen-bond donors (Lipinski definition) is 2. The Labute approximate surface area is 96.8 Å². The van der Waals surface area contributed by atoms with E-state index in [-0.39, 0.29) is 0 Å². The van der Waals surface area contributed by atoms with E-state index in [1.165, 1.54) is 6.33 Å². The summed E-state index contributed by atoms with van der Waals surface area (Å²) in [5.41, 5.74) is 7.36. The van der Waals surface area contributed by atoms with Gasteiger partial charge in [0.15, 0.2) is 5.82 Å². The van der Waals surface area contributed by atoms with Crippen molar-refractivity contribution in [2.24, 2.45) is 5.73 Å². The van der Waals surface area contributed by atoms with Gasteiger partial charge in [0.05, 0.1) is 0 Å². The largest absolute Gasteiger partial charge is 0.366 e. The van der Waals surface area contributed by atoms with Crippen molar-refractivity contribution in [2.75, 3.05) is 5.32 Å². The molecule has 0 saturated heterocycles. The van der Waals surface area contributed by atoms with Gasteiger partial charge < -0.3 is 11.1 Å². The zero-order chi connectivity index (χ0) is 11.8. The molecule has 0 aliphatic carbocycles. The van der Waals surface area contributed by atoms with Gasteiger partial charge in [-0.1, -0.05) is 0 Å². The van der Waals surface area contributed by atoms with Crippen LogP contribution in [0.25, 0.3) is 17.6 Å². The zero-order valence-corrected chi connectivity index (χ0v) is 8.79.